The Morgan fingerprint density at radius 3 is 2.94 bits per heavy atom. The van der Waals surface area contributed by atoms with Crippen molar-refractivity contribution in [3.63, 3.8) is 0 Å². The van der Waals surface area contributed by atoms with Crippen molar-refractivity contribution in [1.29, 1.82) is 0 Å². The third-order valence-electron chi connectivity index (χ3n) is 2.97. The van der Waals surface area contributed by atoms with Crippen LogP contribution >= 0.6 is 11.6 Å². The highest BCUT2D eigenvalue weighted by Crippen LogP contribution is 2.26. The molecule has 0 amide bonds. The van der Waals surface area contributed by atoms with Crippen LogP contribution in [0.2, 0.25) is 5.15 Å². The number of halogens is 1. The first kappa shape index (κ1) is 13.0. The first-order valence-corrected chi connectivity index (χ1v) is 6.16. The second-order valence-corrected chi connectivity index (χ2v) is 4.61. The van der Waals surface area contributed by atoms with E-state index >= 15 is 0 Å². The Balaban J connectivity index is 2.03. The number of hydrogen-bond acceptors (Lipinski definition) is 5. The van der Waals surface area contributed by atoms with E-state index in [9.17, 15) is 10.1 Å². The minimum Gasteiger partial charge on any atom is -0.381 e. The van der Waals surface area contributed by atoms with Gasteiger partial charge in [-0.25, -0.2) is 4.98 Å². The van der Waals surface area contributed by atoms with Crippen molar-refractivity contribution in [2.45, 2.75) is 12.8 Å². The summed E-state index contributed by atoms with van der Waals surface area (Å²) in [5.41, 5.74) is 0.373. The SMILES string of the molecule is O=[N+]([O-])c1cnc(Cl)cc1NCC1CCOCC1. The first-order chi connectivity index (χ1) is 8.66. The molecule has 1 saturated heterocycles. The number of nitro groups is 1. The Kier molecular flexibility index (Phi) is 4.33. The minimum atomic E-state index is -0.463. The zero-order chi connectivity index (χ0) is 13.0. The monoisotopic (exact) mass is 271 g/mol. The standard InChI is InChI=1S/C11H14ClN3O3/c12-11-5-9(10(7-14-11)15(16)17)13-6-8-1-3-18-4-2-8/h5,7-8H,1-4,6H2,(H,13,14). The highest BCUT2D eigenvalue weighted by molar-refractivity contribution is 6.29. The van der Waals surface area contributed by atoms with Gasteiger partial charge in [0.2, 0.25) is 0 Å². The lowest BCUT2D eigenvalue weighted by Gasteiger charge is -2.22. The zero-order valence-electron chi connectivity index (χ0n) is 9.76. The largest absolute Gasteiger partial charge is 0.381 e. The van der Waals surface area contributed by atoms with Crippen LogP contribution in [0.3, 0.4) is 0 Å². The van der Waals surface area contributed by atoms with Crippen molar-refractivity contribution in [3.8, 4) is 0 Å². The molecule has 6 nitrogen and oxygen atoms in total. The second kappa shape index (κ2) is 5.97. The molecule has 0 aromatic carbocycles. The molecule has 2 heterocycles. The summed E-state index contributed by atoms with van der Waals surface area (Å²) >= 11 is 5.75. The van der Waals surface area contributed by atoms with E-state index in [4.69, 9.17) is 16.3 Å². The molecule has 1 N–H and O–H groups in total. The Hall–Kier alpha value is -1.40. The van der Waals surface area contributed by atoms with Crippen LogP contribution in [0, 0.1) is 16.0 Å². The van der Waals surface area contributed by atoms with Crippen LogP contribution in [-0.2, 0) is 4.74 Å². The van der Waals surface area contributed by atoms with Crippen LogP contribution in [0.1, 0.15) is 12.8 Å². The van der Waals surface area contributed by atoms with E-state index in [-0.39, 0.29) is 10.8 Å². The van der Waals surface area contributed by atoms with Gasteiger partial charge in [-0.1, -0.05) is 11.6 Å². The number of nitrogens with zero attached hydrogens (tertiary/aromatic N) is 2. The smallest absolute Gasteiger partial charge is 0.310 e. The molecule has 0 aliphatic carbocycles. The molecular weight excluding hydrogens is 258 g/mol. The molecule has 2 rings (SSSR count). The van der Waals surface area contributed by atoms with E-state index in [1.165, 1.54) is 12.3 Å². The number of ether oxygens (including phenoxy) is 1. The van der Waals surface area contributed by atoms with Crippen molar-refractivity contribution >= 4 is 23.0 Å². The van der Waals surface area contributed by atoms with Gasteiger partial charge in [0.1, 0.15) is 17.0 Å². The lowest BCUT2D eigenvalue weighted by Crippen LogP contribution is -2.22. The maximum Gasteiger partial charge on any atom is 0.310 e. The number of aromatic nitrogens is 1. The normalized spacial score (nSPS) is 16.5. The molecule has 98 valence electrons. The maximum atomic E-state index is 10.8. The van der Waals surface area contributed by atoms with Crippen LogP contribution in [0.4, 0.5) is 11.4 Å². The molecule has 0 spiro atoms. The zero-order valence-corrected chi connectivity index (χ0v) is 10.5. The van der Waals surface area contributed by atoms with Crippen LogP contribution < -0.4 is 5.32 Å². The number of rotatable bonds is 4. The molecule has 1 fully saturated rings. The van der Waals surface area contributed by atoms with Gasteiger partial charge < -0.3 is 10.1 Å². The summed E-state index contributed by atoms with van der Waals surface area (Å²) in [5, 5.41) is 14.2. The van der Waals surface area contributed by atoms with Gasteiger partial charge >= 0.3 is 5.69 Å². The van der Waals surface area contributed by atoms with Gasteiger partial charge in [0, 0.05) is 25.8 Å². The maximum absolute atomic E-state index is 10.8. The van der Waals surface area contributed by atoms with Crippen LogP contribution in [0.15, 0.2) is 12.3 Å². The fourth-order valence-corrected chi connectivity index (χ4v) is 2.07. The average Bonchev–Trinajstić information content (AvgIpc) is 2.37. The fourth-order valence-electron chi connectivity index (χ4n) is 1.91. The molecule has 1 aromatic rings. The van der Waals surface area contributed by atoms with Crippen LogP contribution in [0.5, 0.6) is 0 Å². The summed E-state index contributed by atoms with van der Waals surface area (Å²) in [7, 11) is 0. The van der Waals surface area contributed by atoms with E-state index in [1.807, 2.05) is 0 Å². The van der Waals surface area contributed by atoms with Gasteiger partial charge in [0.05, 0.1) is 4.92 Å². The quantitative estimate of drug-likeness (QED) is 0.517. The molecule has 0 atom stereocenters. The Bertz CT molecular complexity index is 436. The summed E-state index contributed by atoms with van der Waals surface area (Å²) in [6.45, 7) is 2.20. The van der Waals surface area contributed by atoms with Gasteiger partial charge in [-0.3, -0.25) is 10.1 Å². The fraction of sp³-hybridized carbons (Fsp3) is 0.545. The summed E-state index contributed by atoms with van der Waals surface area (Å²) in [6, 6.07) is 1.49. The second-order valence-electron chi connectivity index (χ2n) is 4.22. The molecule has 1 aromatic heterocycles. The summed E-state index contributed by atoms with van der Waals surface area (Å²) in [4.78, 5) is 14.1. The highest BCUT2D eigenvalue weighted by atomic mass is 35.5. The van der Waals surface area contributed by atoms with E-state index < -0.39 is 4.92 Å². The molecule has 7 heteroatoms. The van der Waals surface area contributed by atoms with Gasteiger partial charge in [-0.05, 0) is 18.8 Å². The average molecular weight is 272 g/mol. The van der Waals surface area contributed by atoms with E-state index in [1.54, 1.807) is 0 Å². The van der Waals surface area contributed by atoms with Crippen LogP contribution in [-0.4, -0.2) is 29.7 Å². The van der Waals surface area contributed by atoms with Gasteiger partial charge in [0.25, 0.3) is 0 Å². The molecule has 0 radical (unpaired) electrons. The molecule has 18 heavy (non-hydrogen) atoms. The lowest BCUT2D eigenvalue weighted by atomic mass is 10.0. The topological polar surface area (TPSA) is 77.3 Å². The Morgan fingerprint density at radius 2 is 2.28 bits per heavy atom. The summed E-state index contributed by atoms with van der Waals surface area (Å²) in [6.07, 6.45) is 3.12. The van der Waals surface area contributed by atoms with Crippen molar-refractivity contribution in [2.24, 2.45) is 5.92 Å². The van der Waals surface area contributed by atoms with Crippen molar-refractivity contribution in [1.82, 2.24) is 4.98 Å². The van der Waals surface area contributed by atoms with Gasteiger partial charge in [-0.15, -0.1) is 0 Å². The number of hydrogen-bond donors (Lipinski definition) is 1. The predicted molar refractivity (Wildman–Crippen MR) is 67.9 cm³/mol. The van der Waals surface area contributed by atoms with Gasteiger partial charge in [-0.2, -0.15) is 0 Å². The molecule has 1 aliphatic heterocycles. The van der Waals surface area contributed by atoms with Crippen LogP contribution in [0.25, 0.3) is 0 Å². The minimum absolute atomic E-state index is 0.0496. The number of anilines is 1. The van der Waals surface area contributed by atoms with E-state index in [0.717, 1.165) is 26.1 Å². The van der Waals surface area contributed by atoms with Crippen molar-refractivity contribution < 1.29 is 9.66 Å². The molecular formula is C11H14ClN3O3. The van der Waals surface area contributed by atoms with Gasteiger partial charge in [0.15, 0.2) is 0 Å². The van der Waals surface area contributed by atoms with E-state index in [2.05, 4.69) is 10.3 Å². The molecule has 0 bridgehead atoms. The third-order valence-corrected chi connectivity index (χ3v) is 3.18. The van der Waals surface area contributed by atoms with Crippen molar-refractivity contribution in [3.05, 3.63) is 27.5 Å². The third kappa shape index (κ3) is 3.30. The number of pyridine rings is 1. The highest BCUT2D eigenvalue weighted by Gasteiger charge is 2.18. The van der Waals surface area contributed by atoms with Crippen molar-refractivity contribution in [2.75, 3.05) is 25.1 Å². The number of nitrogens with one attached hydrogen (secondary N) is 1. The first-order valence-electron chi connectivity index (χ1n) is 5.78. The Morgan fingerprint density at radius 1 is 1.56 bits per heavy atom. The molecule has 0 unspecified atom stereocenters. The predicted octanol–water partition coefficient (Wildman–Crippen LogP) is 2.48. The summed E-state index contributed by atoms with van der Waals surface area (Å²) in [5.74, 6) is 0.477. The molecule has 0 saturated carbocycles. The molecule has 1 aliphatic rings. The lowest BCUT2D eigenvalue weighted by molar-refractivity contribution is -0.384. The summed E-state index contributed by atoms with van der Waals surface area (Å²) < 4.78 is 5.27. The van der Waals surface area contributed by atoms with E-state index in [0.29, 0.717) is 18.2 Å². The Labute approximate surface area is 109 Å².